The van der Waals surface area contributed by atoms with Crippen molar-refractivity contribution in [2.45, 2.75) is 32.2 Å². The third kappa shape index (κ3) is 4.70. The van der Waals surface area contributed by atoms with E-state index in [1.807, 2.05) is 0 Å². The van der Waals surface area contributed by atoms with Crippen LogP contribution < -0.4 is 16.4 Å². The normalized spacial score (nSPS) is 26.6. The number of urea groups is 1. The highest BCUT2D eigenvalue weighted by Crippen LogP contribution is 2.27. The van der Waals surface area contributed by atoms with Gasteiger partial charge in [-0.25, -0.2) is 4.79 Å². The van der Waals surface area contributed by atoms with E-state index in [2.05, 4.69) is 17.6 Å². The summed E-state index contributed by atoms with van der Waals surface area (Å²) in [7, 11) is 3.35. The predicted octanol–water partition coefficient (Wildman–Crippen LogP) is 0.137. The minimum atomic E-state index is -0.155. The third-order valence-electron chi connectivity index (χ3n) is 3.74. The standard InChI is InChI=1S/C13H26N4O2/c1-9-5-4-6-10(11(9)14)12(18)15-7-8-16-13(19)17(2)3/h9-11H,4-8,14H2,1-3H3,(H,15,18)(H,16,19). The fraction of sp³-hybridized carbons (Fsp3) is 0.846. The van der Waals surface area contributed by atoms with Crippen LogP contribution in [0, 0.1) is 11.8 Å². The summed E-state index contributed by atoms with van der Waals surface area (Å²) in [6.45, 7) is 2.97. The van der Waals surface area contributed by atoms with Crippen molar-refractivity contribution in [2.75, 3.05) is 27.2 Å². The molecule has 3 amide bonds. The van der Waals surface area contributed by atoms with Crippen molar-refractivity contribution in [3.8, 4) is 0 Å². The van der Waals surface area contributed by atoms with Crippen LogP contribution in [0.3, 0.4) is 0 Å². The highest BCUT2D eigenvalue weighted by Gasteiger charge is 2.32. The van der Waals surface area contributed by atoms with Crippen LogP contribution in [0.5, 0.6) is 0 Å². The summed E-state index contributed by atoms with van der Waals surface area (Å²) in [5.74, 6) is 0.324. The summed E-state index contributed by atoms with van der Waals surface area (Å²) >= 11 is 0. The first-order valence-corrected chi connectivity index (χ1v) is 6.92. The molecule has 0 aliphatic heterocycles. The largest absolute Gasteiger partial charge is 0.354 e. The van der Waals surface area contributed by atoms with Crippen LogP contribution in [-0.2, 0) is 4.79 Å². The average molecular weight is 270 g/mol. The van der Waals surface area contributed by atoms with Crippen molar-refractivity contribution in [1.29, 1.82) is 0 Å². The molecule has 1 saturated carbocycles. The zero-order valence-electron chi connectivity index (χ0n) is 12.1. The molecular formula is C13H26N4O2. The average Bonchev–Trinajstić information content (AvgIpc) is 2.37. The van der Waals surface area contributed by atoms with Crippen LogP contribution >= 0.6 is 0 Å². The predicted molar refractivity (Wildman–Crippen MR) is 74.6 cm³/mol. The first kappa shape index (κ1) is 15.8. The molecule has 0 heterocycles. The zero-order chi connectivity index (χ0) is 14.4. The van der Waals surface area contributed by atoms with Crippen molar-refractivity contribution in [1.82, 2.24) is 15.5 Å². The minimum absolute atomic E-state index is 0.0122. The van der Waals surface area contributed by atoms with Gasteiger partial charge in [0.1, 0.15) is 0 Å². The molecule has 0 radical (unpaired) electrons. The molecule has 0 saturated heterocycles. The molecule has 19 heavy (non-hydrogen) atoms. The van der Waals surface area contributed by atoms with Gasteiger partial charge >= 0.3 is 6.03 Å². The van der Waals surface area contributed by atoms with E-state index >= 15 is 0 Å². The van der Waals surface area contributed by atoms with E-state index in [0.29, 0.717) is 19.0 Å². The molecule has 0 spiro atoms. The highest BCUT2D eigenvalue weighted by molar-refractivity contribution is 5.79. The van der Waals surface area contributed by atoms with E-state index in [0.717, 1.165) is 19.3 Å². The Kier molecular flexibility index (Phi) is 6.08. The Hall–Kier alpha value is -1.30. The van der Waals surface area contributed by atoms with Crippen molar-refractivity contribution >= 4 is 11.9 Å². The van der Waals surface area contributed by atoms with Crippen molar-refractivity contribution < 1.29 is 9.59 Å². The molecule has 4 N–H and O–H groups in total. The quantitative estimate of drug-likeness (QED) is 0.635. The third-order valence-corrected chi connectivity index (χ3v) is 3.74. The van der Waals surface area contributed by atoms with Crippen LogP contribution in [0.4, 0.5) is 4.79 Å². The van der Waals surface area contributed by atoms with Gasteiger partial charge in [0.25, 0.3) is 0 Å². The SMILES string of the molecule is CC1CCCC(C(=O)NCCNC(=O)N(C)C)C1N. The molecule has 6 heteroatoms. The number of hydrogen-bond donors (Lipinski definition) is 3. The molecule has 1 aliphatic rings. The molecule has 1 fully saturated rings. The lowest BCUT2D eigenvalue weighted by Crippen LogP contribution is -2.48. The van der Waals surface area contributed by atoms with E-state index < -0.39 is 0 Å². The molecule has 0 aromatic rings. The van der Waals surface area contributed by atoms with E-state index in [4.69, 9.17) is 5.73 Å². The van der Waals surface area contributed by atoms with Crippen molar-refractivity contribution in [3.63, 3.8) is 0 Å². The molecule has 3 atom stereocenters. The van der Waals surface area contributed by atoms with E-state index in [9.17, 15) is 9.59 Å². The Morgan fingerprint density at radius 2 is 1.84 bits per heavy atom. The fourth-order valence-electron chi connectivity index (χ4n) is 2.39. The van der Waals surface area contributed by atoms with Gasteiger partial charge in [0, 0.05) is 33.2 Å². The Morgan fingerprint density at radius 1 is 1.21 bits per heavy atom. The molecule has 0 aromatic heterocycles. The number of nitrogens with zero attached hydrogens (tertiary/aromatic N) is 1. The smallest absolute Gasteiger partial charge is 0.316 e. The molecule has 0 aromatic carbocycles. The summed E-state index contributed by atoms with van der Waals surface area (Å²) in [5.41, 5.74) is 6.08. The maximum atomic E-state index is 12.0. The maximum Gasteiger partial charge on any atom is 0.316 e. The Morgan fingerprint density at radius 3 is 2.47 bits per heavy atom. The topological polar surface area (TPSA) is 87.5 Å². The summed E-state index contributed by atoms with van der Waals surface area (Å²) < 4.78 is 0. The molecule has 110 valence electrons. The monoisotopic (exact) mass is 270 g/mol. The number of hydrogen-bond acceptors (Lipinski definition) is 3. The Balaban J connectivity index is 2.25. The van der Waals surface area contributed by atoms with Gasteiger partial charge in [0.15, 0.2) is 0 Å². The number of nitrogens with two attached hydrogens (primary N) is 1. The second-order valence-corrected chi connectivity index (χ2v) is 5.51. The summed E-state index contributed by atoms with van der Waals surface area (Å²) in [6.07, 6.45) is 3.02. The van der Waals surface area contributed by atoms with Crippen LogP contribution in [0.25, 0.3) is 0 Å². The molecule has 3 unspecified atom stereocenters. The van der Waals surface area contributed by atoms with E-state index in [1.54, 1.807) is 14.1 Å². The van der Waals surface area contributed by atoms with Gasteiger partial charge in [0.2, 0.25) is 5.91 Å². The maximum absolute atomic E-state index is 12.0. The van der Waals surface area contributed by atoms with Gasteiger partial charge in [-0.1, -0.05) is 13.3 Å². The van der Waals surface area contributed by atoms with Gasteiger partial charge in [0.05, 0.1) is 5.92 Å². The summed E-state index contributed by atoms with van der Waals surface area (Å²) in [5, 5.41) is 5.55. The Labute approximate surface area is 115 Å². The Bertz CT molecular complexity index is 320. The van der Waals surface area contributed by atoms with Crippen LogP contribution in [0.1, 0.15) is 26.2 Å². The first-order valence-electron chi connectivity index (χ1n) is 6.92. The molecule has 1 rings (SSSR count). The lowest BCUT2D eigenvalue weighted by atomic mass is 9.78. The van der Waals surface area contributed by atoms with Crippen molar-refractivity contribution in [3.05, 3.63) is 0 Å². The molecular weight excluding hydrogens is 244 g/mol. The van der Waals surface area contributed by atoms with E-state index in [-0.39, 0.29) is 23.9 Å². The molecule has 0 bridgehead atoms. The number of rotatable bonds is 4. The minimum Gasteiger partial charge on any atom is -0.354 e. The second-order valence-electron chi connectivity index (χ2n) is 5.51. The summed E-state index contributed by atoms with van der Waals surface area (Å²) in [4.78, 5) is 24.7. The van der Waals surface area contributed by atoms with Gasteiger partial charge in [-0.3, -0.25) is 4.79 Å². The van der Waals surface area contributed by atoms with Gasteiger partial charge in [-0.2, -0.15) is 0 Å². The van der Waals surface area contributed by atoms with Crippen LogP contribution in [-0.4, -0.2) is 50.1 Å². The fourth-order valence-corrected chi connectivity index (χ4v) is 2.39. The van der Waals surface area contributed by atoms with Crippen molar-refractivity contribution in [2.24, 2.45) is 17.6 Å². The molecule has 1 aliphatic carbocycles. The molecule has 6 nitrogen and oxygen atoms in total. The summed E-state index contributed by atoms with van der Waals surface area (Å²) in [6, 6.07) is -0.206. The first-order chi connectivity index (χ1) is 8.93. The van der Waals surface area contributed by atoms with E-state index in [1.165, 1.54) is 4.90 Å². The lowest BCUT2D eigenvalue weighted by Gasteiger charge is -2.32. The second kappa shape index (κ2) is 7.33. The lowest BCUT2D eigenvalue weighted by molar-refractivity contribution is -0.127. The highest BCUT2D eigenvalue weighted by atomic mass is 16.2. The van der Waals surface area contributed by atoms with Crippen LogP contribution in [0.15, 0.2) is 0 Å². The number of carbonyl (C=O) groups is 2. The van der Waals surface area contributed by atoms with Gasteiger partial charge in [-0.05, 0) is 18.8 Å². The number of carbonyl (C=O) groups excluding carboxylic acids is 2. The van der Waals surface area contributed by atoms with Gasteiger partial charge < -0.3 is 21.3 Å². The van der Waals surface area contributed by atoms with Gasteiger partial charge in [-0.15, -0.1) is 0 Å². The number of nitrogens with one attached hydrogen (secondary N) is 2. The van der Waals surface area contributed by atoms with Crippen LogP contribution in [0.2, 0.25) is 0 Å². The zero-order valence-corrected chi connectivity index (χ0v) is 12.1. The number of amides is 3.